The molecule has 0 aliphatic carbocycles. The number of imidazole rings is 2. The van der Waals surface area contributed by atoms with Gasteiger partial charge in [0.15, 0.2) is 11.2 Å². The van der Waals surface area contributed by atoms with Gasteiger partial charge in [-0.1, -0.05) is 48.5 Å². The molecule has 0 unspecified atom stereocenters. The molecule has 0 bridgehead atoms. The van der Waals surface area contributed by atoms with Crippen molar-refractivity contribution in [1.29, 1.82) is 0 Å². The molecule has 0 atom stereocenters. The largest absolute Gasteiger partial charge is 0.332 e. The third kappa shape index (κ3) is 2.34. The number of aryl methyl sites for hydroxylation is 2. The number of para-hydroxylation sites is 1. The topological polar surface area (TPSA) is 66.2 Å². The molecule has 0 aliphatic heterocycles. The number of hydrogen-bond donors (Lipinski definition) is 0. The van der Waals surface area contributed by atoms with Crippen molar-refractivity contribution in [1.82, 2.24) is 23.1 Å². The van der Waals surface area contributed by atoms with Crippen LogP contribution >= 0.6 is 0 Å². The van der Waals surface area contributed by atoms with Crippen LogP contribution in [0.5, 0.6) is 0 Å². The fourth-order valence-electron chi connectivity index (χ4n) is 3.84. The maximum absolute atomic E-state index is 12.9. The Kier molecular flexibility index (Phi) is 3.61. The van der Waals surface area contributed by atoms with Crippen molar-refractivity contribution in [3.63, 3.8) is 0 Å². The van der Waals surface area contributed by atoms with E-state index in [4.69, 9.17) is 4.98 Å². The maximum atomic E-state index is 12.9. The van der Waals surface area contributed by atoms with Crippen molar-refractivity contribution < 1.29 is 0 Å². The van der Waals surface area contributed by atoms with Crippen molar-refractivity contribution in [2.75, 3.05) is 0 Å². The lowest BCUT2D eigenvalue weighted by atomic mass is 10.1. The van der Waals surface area contributed by atoms with Crippen LogP contribution < -0.4 is 11.2 Å². The highest BCUT2D eigenvalue weighted by molar-refractivity contribution is 5.79. The number of rotatable bonds is 2. The van der Waals surface area contributed by atoms with E-state index < -0.39 is 5.69 Å². The molecule has 0 spiro atoms. The van der Waals surface area contributed by atoms with Crippen LogP contribution in [-0.4, -0.2) is 23.1 Å². The summed E-state index contributed by atoms with van der Waals surface area (Å²) in [6, 6.07) is 18.0. The predicted octanol–water partition coefficient (Wildman–Crippen LogP) is 2.65. The van der Waals surface area contributed by atoms with E-state index in [0.29, 0.717) is 16.9 Å². The van der Waals surface area contributed by atoms with Gasteiger partial charge < -0.3 is 0 Å². The summed E-state index contributed by atoms with van der Waals surface area (Å²) >= 11 is 0. The van der Waals surface area contributed by atoms with Crippen LogP contribution in [0.4, 0.5) is 0 Å². The molecule has 0 fully saturated rings. The predicted molar refractivity (Wildman–Crippen MR) is 113 cm³/mol. The van der Waals surface area contributed by atoms with E-state index in [9.17, 15) is 9.59 Å². The summed E-state index contributed by atoms with van der Waals surface area (Å²) in [5, 5.41) is 0. The van der Waals surface area contributed by atoms with Gasteiger partial charge in [0, 0.05) is 25.9 Å². The van der Waals surface area contributed by atoms with E-state index in [1.54, 1.807) is 11.4 Å². The smallest absolute Gasteiger partial charge is 0.279 e. The summed E-state index contributed by atoms with van der Waals surface area (Å²) in [6.07, 6.45) is 1.91. The molecule has 3 aromatic heterocycles. The highest BCUT2D eigenvalue weighted by Gasteiger charge is 2.22. The quantitative estimate of drug-likeness (QED) is 0.469. The fourth-order valence-corrected chi connectivity index (χ4v) is 3.84. The maximum Gasteiger partial charge on any atom is 0.332 e. The molecular formula is C22H19N5O2. The van der Waals surface area contributed by atoms with E-state index in [1.165, 1.54) is 11.6 Å². The second-order valence-corrected chi connectivity index (χ2v) is 7.16. The van der Waals surface area contributed by atoms with Crippen LogP contribution in [-0.2, 0) is 14.1 Å². The monoisotopic (exact) mass is 385 g/mol. The summed E-state index contributed by atoms with van der Waals surface area (Å²) < 4.78 is 6.35. The van der Waals surface area contributed by atoms with Gasteiger partial charge >= 0.3 is 5.69 Å². The minimum atomic E-state index is -0.394. The standard InChI is InChI=1S/C22H19N5O2/c1-14-9-7-8-12-16(14)27-17(15-10-5-4-6-11-15)13-26-18-19(23-21(26)27)24(2)22(29)25(3)20(18)28/h4-13H,1-3H3. The summed E-state index contributed by atoms with van der Waals surface area (Å²) in [5.74, 6) is 0.589. The van der Waals surface area contributed by atoms with Gasteiger partial charge in [0.05, 0.1) is 11.4 Å². The first-order valence-corrected chi connectivity index (χ1v) is 9.30. The van der Waals surface area contributed by atoms with E-state index in [1.807, 2.05) is 72.3 Å². The Morgan fingerprint density at radius 2 is 1.55 bits per heavy atom. The Morgan fingerprint density at radius 3 is 2.28 bits per heavy atom. The summed E-state index contributed by atoms with van der Waals surface area (Å²) in [7, 11) is 3.12. The molecule has 0 saturated carbocycles. The van der Waals surface area contributed by atoms with E-state index >= 15 is 0 Å². The SMILES string of the molecule is Cc1ccccc1-n1c(-c2ccccc2)cn2c3c(=O)n(C)c(=O)n(C)c3nc12. The fraction of sp³-hybridized carbons (Fsp3) is 0.136. The lowest BCUT2D eigenvalue weighted by Crippen LogP contribution is -2.37. The van der Waals surface area contributed by atoms with Crippen LogP contribution in [0.15, 0.2) is 70.4 Å². The van der Waals surface area contributed by atoms with Crippen molar-refractivity contribution in [3.05, 3.63) is 87.2 Å². The van der Waals surface area contributed by atoms with Gasteiger partial charge in [-0.05, 0) is 18.6 Å². The molecule has 29 heavy (non-hydrogen) atoms. The molecule has 5 rings (SSSR count). The molecule has 0 aliphatic rings. The molecule has 7 heteroatoms. The van der Waals surface area contributed by atoms with Gasteiger partial charge in [0.2, 0.25) is 5.78 Å². The summed E-state index contributed by atoms with van der Waals surface area (Å²) in [5.41, 5.74) is 3.97. The van der Waals surface area contributed by atoms with Gasteiger partial charge in [-0.15, -0.1) is 0 Å². The van der Waals surface area contributed by atoms with Crippen molar-refractivity contribution in [2.45, 2.75) is 6.92 Å². The Balaban J connectivity index is 2.01. The van der Waals surface area contributed by atoms with Gasteiger partial charge in [0.25, 0.3) is 5.56 Å². The molecule has 7 nitrogen and oxygen atoms in total. The molecule has 0 radical (unpaired) electrons. The first kappa shape index (κ1) is 17.2. The van der Waals surface area contributed by atoms with Crippen molar-refractivity contribution in [2.24, 2.45) is 14.1 Å². The summed E-state index contributed by atoms with van der Waals surface area (Å²) in [6.45, 7) is 2.04. The third-order valence-electron chi connectivity index (χ3n) is 5.39. The highest BCUT2D eigenvalue weighted by atomic mass is 16.2. The Bertz CT molecular complexity index is 1520. The molecule has 144 valence electrons. The van der Waals surface area contributed by atoms with E-state index in [2.05, 4.69) is 0 Å². The van der Waals surface area contributed by atoms with E-state index in [0.717, 1.165) is 27.1 Å². The molecule has 3 heterocycles. The van der Waals surface area contributed by atoms with Crippen LogP contribution in [0, 0.1) is 6.92 Å². The number of hydrogen-bond acceptors (Lipinski definition) is 3. The van der Waals surface area contributed by atoms with Crippen LogP contribution in [0.2, 0.25) is 0 Å². The third-order valence-corrected chi connectivity index (χ3v) is 5.39. The molecular weight excluding hydrogens is 366 g/mol. The minimum Gasteiger partial charge on any atom is -0.279 e. The number of benzene rings is 2. The molecule has 5 aromatic rings. The van der Waals surface area contributed by atoms with Crippen LogP contribution in [0.1, 0.15) is 5.56 Å². The zero-order valence-corrected chi connectivity index (χ0v) is 16.3. The van der Waals surface area contributed by atoms with Gasteiger partial charge in [0.1, 0.15) is 0 Å². The van der Waals surface area contributed by atoms with Crippen LogP contribution in [0.3, 0.4) is 0 Å². The zero-order chi connectivity index (χ0) is 20.3. The lowest BCUT2D eigenvalue weighted by molar-refractivity contribution is 0.708. The molecule has 0 amide bonds. The second kappa shape index (κ2) is 6.07. The summed E-state index contributed by atoms with van der Waals surface area (Å²) in [4.78, 5) is 30.0. The van der Waals surface area contributed by atoms with Gasteiger partial charge in [-0.25, -0.2) is 4.79 Å². The Labute approximate surface area is 165 Å². The number of nitrogens with zero attached hydrogens (tertiary/aromatic N) is 5. The molecule has 0 saturated heterocycles. The average molecular weight is 385 g/mol. The highest BCUT2D eigenvalue weighted by Crippen LogP contribution is 2.29. The number of aromatic nitrogens is 5. The minimum absolute atomic E-state index is 0.364. The first-order valence-electron chi connectivity index (χ1n) is 9.30. The van der Waals surface area contributed by atoms with E-state index in [-0.39, 0.29) is 5.56 Å². The molecule has 0 N–H and O–H groups in total. The number of fused-ring (bicyclic) bond motifs is 3. The second-order valence-electron chi connectivity index (χ2n) is 7.16. The van der Waals surface area contributed by atoms with Crippen molar-refractivity contribution in [3.8, 4) is 16.9 Å². The lowest BCUT2D eigenvalue weighted by Gasteiger charge is -2.11. The zero-order valence-electron chi connectivity index (χ0n) is 16.3. The molecule has 2 aromatic carbocycles. The van der Waals surface area contributed by atoms with Crippen molar-refractivity contribution >= 4 is 16.9 Å². The van der Waals surface area contributed by atoms with Crippen LogP contribution in [0.25, 0.3) is 33.9 Å². The van der Waals surface area contributed by atoms with Gasteiger partial charge in [-0.2, -0.15) is 4.98 Å². The average Bonchev–Trinajstić information content (AvgIpc) is 3.28. The Hall–Kier alpha value is -3.87. The first-order chi connectivity index (χ1) is 14.0. The normalized spacial score (nSPS) is 11.6. The Morgan fingerprint density at radius 1 is 0.862 bits per heavy atom. The van der Waals surface area contributed by atoms with Gasteiger partial charge in [-0.3, -0.25) is 22.9 Å².